The summed E-state index contributed by atoms with van der Waals surface area (Å²) in [6, 6.07) is 6.43. The van der Waals surface area contributed by atoms with Gasteiger partial charge in [0.15, 0.2) is 0 Å². The summed E-state index contributed by atoms with van der Waals surface area (Å²) in [4.78, 5) is 12.4. The molecule has 0 aromatic heterocycles. The van der Waals surface area contributed by atoms with E-state index in [1.807, 2.05) is 6.92 Å². The average molecular weight is 364 g/mol. The summed E-state index contributed by atoms with van der Waals surface area (Å²) < 4.78 is 22.3. The molecule has 0 saturated heterocycles. The second kappa shape index (κ2) is 8.63. The van der Waals surface area contributed by atoms with E-state index in [0.717, 1.165) is 6.42 Å². The third-order valence-corrected chi connectivity index (χ3v) is 4.02. The fourth-order valence-electron chi connectivity index (χ4n) is 2.47. The lowest BCUT2D eigenvalue weighted by Crippen LogP contribution is -2.52. The normalized spacial score (nSPS) is 14.0. The summed E-state index contributed by atoms with van der Waals surface area (Å²) in [5, 5.41) is 7.96. The number of primary sulfonamides is 1. The van der Waals surface area contributed by atoms with Crippen LogP contribution in [0, 0.1) is 5.92 Å². The number of benzene rings is 1. The van der Waals surface area contributed by atoms with E-state index < -0.39 is 15.6 Å². The van der Waals surface area contributed by atoms with Crippen LogP contribution < -0.4 is 16.2 Å². The van der Waals surface area contributed by atoms with Crippen molar-refractivity contribution in [2.24, 2.45) is 16.8 Å². The highest BCUT2D eigenvalue weighted by atomic mass is 35.5. The van der Waals surface area contributed by atoms with Crippen LogP contribution >= 0.6 is 12.4 Å². The molecule has 23 heavy (non-hydrogen) atoms. The Hall–Kier alpha value is -1.15. The fourth-order valence-corrected chi connectivity index (χ4v) is 3.11. The highest BCUT2D eigenvalue weighted by Crippen LogP contribution is 2.17. The first-order valence-electron chi connectivity index (χ1n) is 7.17. The number of nitrogens with one attached hydrogen (secondary N) is 1. The summed E-state index contributed by atoms with van der Waals surface area (Å²) in [5.41, 5.74) is 6.16. The molecule has 0 fully saturated rings. The molecule has 0 radical (unpaired) electrons. The minimum atomic E-state index is -3.63. The topological polar surface area (TPSA) is 115 Å². The molecule has 0 bridgehead atoms. The Bertz CT molecular complexity index is 635. The van der Waals surface area contributed by atoms with Gasteiger partial charge in [0.2, 0.25) is 10.0 Å². The summed E-state index contributed by atoms with van der Waals surface area (Å²) in [5.74, 6) is -0.179. The van der Waals surface area contributed by atoms with Gasteiger partial charge in [-0.15, -0.1) is 12.4 Å². The van der Waals surface area contributed by atoms with Gasteiger partial charge in [-0.05, 0) is 37.0 Å². The van der Waals surface area contributed by atoms with Crippen LogP contribution in [0.1, 0.15) is 43.1 Å². The lowest BCUT2D eigenvalue weighted by molar-refractivity contribution is 0.0898. The van der Waals surface area contributed by atoms with Gasteiger partial charge in [0, 0.05) is 17.6 Å². The predicted octanol–water partition coefficient (Wildman–Crippen LogP) is 1.39. The van der Waals surface area contributed by atoms with Gasteiger partial charge in [-0.1, -0.05) is 26.0 Å². The second-order valence-corrected chi connectivity index (χ2v) is 7.94. The van der Waals surface area contributed by atoms with Crippen molar-refractivity contribution >= 4 is 28.3 Å². The third-order valence-electron chi connectivity index (χ3n) is 3.28. The Labute approximate surface area is 144 Å². The van der Waals surface area contributed by atoms with Crippen molar-refractivity contribution in [1.82, 2.24) is 5.32 Å². The molecule has 5 N–H and O–H groups in total. The van der Waals surface area contributed by atoms with E-state index in [2.05, 4.69) is 19.2 Å². The molecule has 1 rings (SSSR count). The van der Waals surface area contributed by atoms with Gasteiger partial charge in [0.1, 0.15) is 0 Å². The zero-order valence-electron chi connectivity index (χ0n) is 13.7. The van der Waals surface area contributed by atoms with Crippen LogP contribution in [-0.4, -0.2) is 26.4 Å². The van der Waals surface area contributed by atoms with Crippen LogP contribution in [0.15, 0.2) is 24.3 Å². The smallest absolute Gasteiger partial charge is 0.251 e. The summed E-state index contributed by atoms with van der Waals surface area (Å²) in [6.45, 7) is 6.35. The van der Waals surface area contributed by atoms with Crippen LogP contribution in [0.3, 0.4) is 0 Å². The number of sulfonamides is 1. The standard InChI is InChI=1S/C15H25N3O3S.ClH/c1-11(2)8-15(3,10-16)18-14(19)13-6-4-5-12(7-13)9-22(17,20)21;/h4-7,11H,8-10,16H2,1-3H3,(H,18,19)(H2,17,20,21);1H. The van der Waals surface area contributed by atoms with Crippen molar-refractivity contribution in [3.8, 4) is 0 Å². The number of rotatable bonds is 7. The second-order valence-electron chi connectivity index (χ2n) is 6.32. The molecule has 0 aliphatic carbocycles. The monoisotopic (exact) mass is 363 g/mol. The lowest BCUT2D eigenvalue weighted by Gasteiger charge is -2.31. The van der Waals surface area contributed by atoms with Crippen molar-refractivity contribution in [3.63, 3.8) is 0 Å². The van der Waals surface area contributed by atoms with E-state index in [1.165, 1.54) is 6.07 Å². The largest absolute Gasteiger partial charge is 0.346 e. The molecular formula is C15H26ClN3O3S. The Morgan fingerprint density at radius 3 is 2.43 bits per heavy atom. The zero-order valence-corrected chi connectivity index (χ0v) is 15.3. The van der Waals surface area contributed by atoms with Crippen LogP contribution in [0.5, 0.6) is 0 Å². The van der Waals surface area contributed by atoms with Crippen molar-refractivity contribution in [3.05, 3.63) is 35.4 Å². The Morgan fingerprint density at radius 2 is 1.96 bits per heavy atom. The average Bonchev–Trinajstić information content (AvgIpc) is 2.36. The van der Waals surface area contributed by atoms with Crippen molar-refractivity contribution < 1.29 is 13.2 Å². The van der Waals surface area contributed by atoms with E-state index in [0.29, 0.717) is 23.6 Å². The molecule has 0 heterocycles. The highest BCUT2D eigenvalue weighted by Gasteiger charge is 2.26. The quantitative estimate of drug-likeness (QED) is 0.678. The van der Waals surface area contributed by atoms with Gasteiger partial charge in [-0.3, -0.25) is 4.79 Å². The van der Waals surface area contributed by atoms with Gasteiger partial charge >= 0.3 is 0 Å². The van der Waals surface area contributed by atoms with Gasteiger partial charge in [-0.25, -0.2) is 13.6 Å². The first-order valence-corrected chi connectivity index (χ1v) is 8.88. The number of hydrogen-bond acceptors (Lipinski definition) is 4. The Morgan fingerprint density at radius 1 is 1.35 bits per heavy atom. The summed E-state index contributed by atoms with van der Waals surface area (Å²) in [7, 11) is -3.63. The van der Waals surface area contributed by atoms with Crippen molar-refractivity contribution in [2.75, 3.05) is 6.54 Å². The number of hydrogen-bond donors (Lipinski definition) is 3. The van der Waals surface area contributed by atoms with Crippen LogP contribution in [0.2, 0.25) is 0 Å². The maximum atomic E-state index is 12.4. The van der Waals surface area contributed by atoms with E-state index in [9.17, 15) is 13.2 Å². The SMILES string of the molecule is CC(C)CC(C)(CN)NC(=O)c1cccc(CS(N)(=O)=O)c1.Cl. The van der Waals surface area contributed by atoms with Crippen molar-refractivity contribution in [2.45, 2.75) is 38.5 Å². The molecule has 132 valence electrons. The van der Waals surface area contributed by atoms with Gasteiger partial charge in [0.25, 0.3) is 5.91 Å². The number of nitrogens with two attached hydrogens (primary N) is 2. The molecule has 1 unspecified atom stereocenters. The Kier molecular flexibility index (Phi) is 8.20. The highest BCUT2D eigenvalue weighted by molar-refractivity contribution is 7.88. The molecule has 6 nitrogen and oxygen atoms in total. The summed E-state index contributed by atoms with van der Waals surface area (Å²) >= 11 is 0. The third kappa shape index (κ3) is 7.78. The van der Waals surface area contributed by atoms with Crippen molar-refractivity contribution in [1.29, 1.82) is 0 Å². The number of carbonyl (C=O) groups excluding carboxylic acids is 1. The number of halogens is 1. The first kappa shape index (κ1) is 21.9. The minimum Gasteiger partial charge on any atom is -0.346 e. The van der Waals surface area contributed by atoms with E-state index in [4.69, 9.17) is 10.9 Å². The Balaban J connectivity index is 0.00000484. The van der Waals surface area contributed by atoms with E-state index in [1.54, 1.807) is 18.2 Å². The lowest BCUT2D eigenvalue weighted by atomic mass is 9.90. The number of carbonyl (C=O) groups is 1. The zero-order chi connectivity index (χ0) is 17.0. The molecule has 1 atom stereocenters. The number of amides is 1. The van der Waals surface area contributed by atoms with Gasteiger partial charge in [-0.2, -0.15) is 0 Å². The molecule has 0 spiro atoms. The molecule has 1 aromatic rings. The van der Waals surface area contributed by atoms with E-state index in [-0.39, 0.29) is 24.1 Å². The molecule has 1 amide bonds. The molecule has 0 aliphatic heterocycles. The molecule has 0 saturated carbocycles. The summed E-state index contributed by atoms with van der Waals surface area (Å²) in [6.07, 6.45) is 0.756. The van der Waals surface area contributed by atoms with Gasteiger partial charge in [0.05, 0.1) is 5.75 Å². The van der Waals surface area contributed by atoms with Crippen LogP contribution in [0.25, 0.3) is 0 Å². The van der Waals surface area contributed by atoms with E-state index >= 15 is 0 Å². The molecule has 1 aromatic carbocycles. The van der Waals surface area contributed by atoms with Crippen LogP contribution in [0.4, 0.5) is 0 Å². The first-order chi connectivity index (χ1) is 10.0. The fraction of sp³-hybridized carbons (Fsp3) is 0.533. The molecule has 0 aliphatic rings. The molecular weight excluding hydrogens is 338 g/mol. The van der Waals surface area contributed by atoms with Gasteiger partial charge < -0.3 is 11.1 Å². The van der Waals surface area contributed by atoms with Crippen LogP contribution in [-0.2, 0) is 15.8 Å². The maximum Gasteiger partial charge on any atom is 0.251 e. The minimum absolute atomic E-state index is 0. The maximum absolute atomic E-state index is 12.4. The predicted molar refractivity (Wildman–Crippen MR) is 94.9 cm³/mol. The molecule has 8 heteroatoms.